The third-order valence-corrected chi connectivity index (χ3v) is 5.00. The molecule has 2 aromatic rings. The van der Waals surface area contributed by atoms with E-state index in [4.69, 9.17) is 21.1 Å². The van der Waals surface area contributed by atoms with Gasteiger partial charge >= 0.3 is 0 Å². The molecular formula is C18H20ClNO3S. The highest BCUT2D eigenvalue weighted by Gasteiger charge is 2.17. The molecule has 0 bridgehead atoms. The minimum Gasteiger partial charge on any atom is -0.497 e. The summed E-state index contributed by atoms with van der Waals surface area (Å²) in [5.74, 6) is 1.23. The van der Waals surface area contributed by atoms with Gasteiger partial charge in [0.25, 0.3) is 0 Å². The molecule has 0 aliphatic heterocycles. The van der Waals surface area contributed by atoms with Gasteiger partial charge in [-0.15, -0.1) is 11.8 Å². The van der Waals surface area contributed by atoms with Crippen molar-refractivity contribution in [2.24, 2.45) is 0 Å². The molecule has 1 unspecified atom stereocenters. The van der Waals surface area contributed by atoms with Gasteiger partial charge in [-0.05, 0) is 49.7 Å². The van der Waals surface area contributed by atoms with E-state index in [9.17, 15) is 4.79 Å². The molecule has 0 radical (unpaired) electrons. The number of halogens is 1. The van der Waals surface area contributed by atoms with E-state index in [-0.39, 0.29) is 11.2 Å². The first-order chi connectivity index (χ1) is 11.4. The summed E-state index contributed by atoms with van der Waals surface area (Å²) in [5, 5.41) is 3.24. The van der Waals surface area contributed by atoms with Gasteiger partial charge in [0.15, 0.2) is 0 Å². The molecule has 0 saturated carbocycles. The summed E-state index contributed by atoms with van der Waals surface area (Å²) in [6, 6.07) is 11.1. The average molecular weight is 366 g/mol. The van der Waals surface area contributed by atoms with E-state index in [1.165, 1.54) is 11.8 Å². The zero-order valence-electron chi connectivity index (χ0n) is 14.1. The van der Waals surface area contributed by atoms with Crippen LogP contribution in [0.5, 0.6) is 11.5 Å². The highest BCUT2D eigenvalue weighted by molar-refractivity contribution is 8.00. The number of aryl methyl sites for hydroxylation is 1. The molecule has 1 atom stereocenters. The van der Waals surface area contributed by atoms with Crippen LogP contribution >= 0.6 is 23.4 Å². The first-order valence-electron chi connectivity index (χ1n) is 7.40. The smallest absolute Gasteiger partial charge is 0.237 e. The highest BCUT2D eigenvalue weighted by atomic mass is 35.5. The number of thioether (sulfide) groups is 1. The standard InChI is InChI=1S/C18H20ClNO3S/c1-11-9-16(17(23-4)10-15(11)19)20-18(21)12(2)24-14-7-5-13(22-3)6-8-14/h5-10,12H,1-4H3,(H,20,21). The van der Waals surface area contributed by atoms with Crippen LogP contribution in [0.2, 0.25) is 5.02 Å². The topological polar surface area (TPSA) is 47.6 Å². The van der Waals surface area contributed by atoms with Gasteiger partial charge in [-0.1, -0.05) is 11.6 Å². The lowest BCUT2D eigenvalue weighted by Crippen LogP contribution is -2.22. The largest absolute Gasteiger partial charge is 0.497 e. The van der Waals surface area contributed by atoms with E-state index >= 15 is 0 Å². The molecule has 1 N–H and O–H groups in total. The Bertz CT molecular complexity index is 719. The average Bonchev–Trinajstić information content (AvgIpc) is 2.58. The Hall–Kier alpha value is -1.85. The highest BCUT2D eigenvalue weighted by Crippen LogP contribution is 2.32. The maximum atomic E-state index is 12.5. The molecule has 0 fully saturated rings. The van der Waals surface area contributed by atoms with Crippen molar-refractivity contribution < 1.29 is 14.3 Å². The number of ether oxygens (including phenoxy) is 2. The van der Waals surface area contributed by atoms with Crippen LogP contribution in [0.3, 0.4) is 0 Å². The molecule has 24 heavy (non-hydrogen) atoms. The molecule has 0 aromatic heterocycles. The molecule has 0 heterocycles. The number of carbonyl (C=O) groups excluding carboxylic acids is 1. The molecule has 0 aliphatic carbocycles. The number of hydrogen-bond acceptors (Lipinski definition) is 4. The molecule has 0 aliphatic rings. The molecule has 4 nitrogen and oxygen atoms in total. The summed E-state index contributed by atoms with van der Waals surface area (Å²) in [5.41, 5.74) is 1.50. The normalized spacial score (nSPS) is 11.7. The second-order valence-electron chi connectivity index (χ2n) is 5.23. The van der Waals surface area contributed by atoms with Crippen LogP contribution in [0.25, 0.3) is 0 Å². The van der Waals surface area contributed by atoms with Gasteiger partial charge in [0.2, 0.25) is 5.91 Å². The second-order valence-corrected chi connectivity index (χ2v) is 7.05. The minimum absolute atomic E-state index is 0.101. The van der Waals surface area contributed by atoms with Crippen molar-refractivity contribution in [3.8, 4) is 11.5 Å². The maximum Gasteiger partial charge on any atom is 0.237 e. The van der Waals surface area contributed by atoms with Gasteiger partial charge in [0.05, 0.1) is 25.2 Å². The lowest BCUT2D eigenvalue weighted by molar-refractivity contribution is -0.115. The zero-order chi connectivity index (χ0) is 17.7. The fraction of sp³-hybridized carbons (Fsp3) is 0.278. The van der Waals surface area contributed by atoms with Crippen molar-refractivity contribution in [1.82, 2.24) is 0 Å². The predicted octanol–water partition coefficient (Wildman–Crippen LogP) is 4.78. The van der Waals surface area contributed by atoms with Crippen LogP contribution in [0.4, 0.5) is 5.69 Å². The van der Waals surface area contributed by atoms with E-state index in [0.29, 0.717) is 16.5 Å². The third kappa shape index (κ3) is 4.58. The van der Waals surface area contributed by atoms with Crippen LogP contribution in [0.1, 0.15) is 12.5 Å². The van der Waals surface area contributed by atoms with Crippen molar-refractivity contribution in [3.05, 3.63) is 47.0 Å². The number of rotatable bonds is 6. The number of amides is 1. The van der Waals surface area contributed by atoms with Crippen molar-refractivity contribution in [3.63, 3.8) is 0 Å². The predicted molar refractivity (Wildman–Crippen MR) is 99.7 cm³/mol. The Morgan fingerprint density at radius 2 is 1.83 bits per heavy atom. The molecule has 0 spiro atoms. The fourth-order valence-electron chi connectivity index (χ4n) is 2.08. The quantitative estimate of drug-likeness (QED) is 0.748. The van der Waals surface area contributed by atoms with Crippen LogP contribution < -0.4 is 14.8 Å². The summed E-state index contributed by atoms with van der Waals surface area (Å²) < 4.78 is 10.4. The first-order valence-corrected chi connectivity index (χ1v) is 8.66. The van der Waals surface area contributed by atoms with Crippen LogP contribution in [0, 0.1) is 6.92 Å². The number of carbonyl (C=O) groups is 1. The van der Waals surface area contributed by atoms with E-state index in [2.05, 4.69) is 5.32 Å². The molecule has 2 aromatic carbocycles. The van der Waals surface area contributed by atoms with Crippen LogP contribution in [-0.2, 0) is 4.79 Å². The maximum absolute atomic E-state index is 12.5. The van der Waals surface area contributed by atoms with E-state index in [0.717, 1.165) is 16.2 Å². The number of anilines is 1. The lowest BCUT2D eigenvalue weighted by Gasteiger charge is -2.15. The van der Waals surface area contributed by atoms with Crippen LogP contribution in [0.15, 0.2) is 41.3 Å². The summed E-state index contributed by atoms with van der Waals surface area (Å²) in [6.07, 6.45) is 0. The van der Waals surface area contributed by atoms with Crippen molar-refractivity contribution in [1.29, 1.82) is 0 Å². The third-order valence-electron chi connectivity index (χ3n) is 3.48. The molecule has 1 amide bonds. The fourth-order valence-corrected chi connectivity index (χ4v) is 3.10. The van der Waals surface area contributed by atoms with Crippen molar-refractivity contribution >= 4 is 35.0 Å². The lowest BCUT2D eigenvalue weighted by atomic mass is 10.2. The SMILES string of the molecule is COc1ccc(SC(C)C(=O)Nc2cc(C)c(Cl)cc2OC)cc1. The van der Waals surface area contributed by atoms with E-state index < -0.39 is 0 Å². The minimum atomic E-state index is -0.265. The molecule has 0 saturated heterocycles. The van der Waals surface area contributed by atoms with Gasteiger partial charge in [-0.2, -0.15) is 0 Å². The van der Waals surface area contributed by atoms with Crippen LogP contribution in [-0.4, -0.2) is 25.4 Å². The summed E-state index contributed by atoms with van der Waals surface area (Å²) >= 11 is 7.57. The number of benzene rings is 2. The Morgan fingerprint density at radius 3 is 2.42 bits per heavy atom. The van der Waals surface area contributed by atoms with Crippen molar-refractivity contribution in [2.75, 3.05) is 19.5 Å². The molecule has 128 valence electrons. The van der Waals surface area contributed by atoms with Gasteiger partial charge in [0, 0.05) is 16.0 Å². The summed E-state index contributed by atoms with van der Waals surface area (Å²) in [7, 11) is 3.17. The van der Waals surface area contributed by atoms with Crippen molar-refractivity contribution in [2.45, 2.75) is 24.0 Å². The Morgan fingerprint density at radius 1 is 1.17 bits per heavy atom. The monoisotopic (exact) mass is 365 g/mol. The van der Waals surface area contributed by atoms with Gasteiger partial charge in [-0.25, -0.2) is 0 Å². The van der Waals surface area contributed by atoms with E-state index in [1.807, 2.05) is 44.2 Å². The molecular weight excluding hydrogens is 346 g/mol. The number of methoxy groups -OCH3 is 2. The molecule has 2 rings (SSSR count). The zero-order valence-corrected chi connectivity index (χ0v) is 15.6. The Balaban J connectivity index is 2.07. The second kappa shape index (κ2) is 8.31. The summed E-state index contributed by atoms with van der Waals surface area (Å²) in [4.78, 5) is 13.5. The first kappa shape index (κ1) is 18.5. The Labute approximate surface area is 151 Å². The van der Waals surface area contributed by atoms with Gasteiger partial charge in [-0.3, -0.25) is 4.79 Å². The Kier molecular flexibility index (Phi) is 6.40. The summed E-state index contributed by atoms with van der Waals surface area (Å²) in [6.45, 7) is 3.74. The number of nitrogens with one attached hydrogen (secondary N) is 1. The van der Waals surface area contributed by atoms with E-state index in [1.54, 1.807) is 20.3 Å². The molecule has 6 heteroatoms. The van der Waals surface area contributed by atoms with Gasteiger partial charge in [0.1, 0.15) is 11.5 Å². The number of hydrogen-bond donors (Lipinski definition) is 1. The van der Waals surface area contributed by atoms with Gasteiger partial charge < -0.3 is 14.8 Å².